The van der Waals surface area contributed by atoms with Gasteiger partial charge >= 0.3 is 5.97 Å². The highest BCUT2D eigenvalue weighted by molar-refractivity contribution is 5.87. The Balaban J connectivity index is 4.06. The van der Waals surface area contributed by atoms with E-state index < -0.39 is 12.1 Å². The summed E-state index contributed by atoms with van der Waals surface area (Å²) in [5.41, 5.74) is 0.379. The van der Waals surface area contributed by atoms with E-state index in [0.717, 1.165) is 12.8 Å². The molecule has 0 amide bonds. The third kappa shape index (κ3) is 6.58. The lowest BCUT2D eigenvalue weighted by Gasteiger charge is -2.18. The van der Waals surface area contributed by atoms with Crippen molar-refractivity contribution in [1.82, 2.24) is 0 Å². The molecule has 0 rings (SSSR count). The SMILES string of the molecule is C=C(C)C(=O)OC(CCC)CCC(O)CO. The van der Waals surface area contributed by atoms with Gasteiger partial charge in [-0.1, -0.05) is 19.9 Å². The zero-order valence-corrected chi connectivity index (χ0v) is 10.1. The number of rotatable bonds is 8. The van der Waals surface area contributed by atoms with E-state index in [1.807, 2.05) is 6.92 Å². The second-order valence-electron chi connectivity index (χ2n) is 4.01. The average molecular weight is 230 g/mol. The van der Waals surface area contributed by atoms with Crippen LogP contribution in [-0.4, -0.2) is 35.0 Å². The van der Waals surface area contributed by atoms with Gasteiger partial charge in [0, 0.05) is 5.57 Å². The van der Waals surface area contributed by atoms with Crippen LogP contribution in [-0.2, 0) is 9.53 Å². The maximum Gasteiger partial charge on any atom is 0.333 e. The molecule has 0 aliphatic rings. The van der Waals surface area contributed by atoms with E-state index in [9.17, 15) is 9.90 Å². The first kappa shape index (κ1) is 15.1. The van der Waals surface area contributed by atoms with Gasteiger partial charge in [0.25, 0.3) is 0 Å². The molecule has 0 bridgehead atoms. The highest BCUT2D eigenvalue weighted by Gasteiger charge is 2.15. The lowest BCUT2D eigenvalue weighted by atomic mass is 10.1. The van der Waals surface area contributed by atoms with Crippen LogP contribution in [0.5, 0.6) is 0 Å². The molecular weight excluding hydrogens is 208 g/mol. The van der Waals surface area contributed by atoms with E-state index in [4.69, 9.17) is 9.84 Å². The second-order valence-corrected chi connectivity index (χ2v) is 4.01. The summed E-state index contributed by atoms with van der Waals surface area (Å²) in [6.07, 6.45) is 1.73. The highest BCUT2D eigenvalue weighted by atomic mass is 16.5. The van der Waals surface area contributed by atoms with Crippen molar-refractivity contribution in [2.24, 2.45) is 0 Å². The molecule has 0 aromatic rings. The van der Waals surface area contributed by atoms with Crippen LogP contribution < -0.4 is 0 Å². The van der Waals surface area contributed by atoms with Crippen LogP contribution in [0.3, 0.4) is 0 Å². The zero-order chi connectivity index (χ0) is 12.6. The molecule has 0 spiro atoms. The largest absolute Gasteiger partial charge is 0.459 e. The number of hydrogen-bond donors (Lipinski definition) is 2. The van der Waals surface area contributed by atoms with E-state index in [1.165, 1.54) is 0 Å². The Morgan fingerprint density at radius 1 is 1.38 bits per heavy atom. The van der Waals surface area contributed by atoms with Crippen LogP contribution in [0.15, 0.2) is 12.2 Å². The van der Waals surface area contributed by atoms with Gasteiger partial charge in [0.2, 0.25) is 0 Å². The normalized spacial score (nSPS) is 14.2. The topological polar surface area (TPSA) is 66.8 Å². The summed E-state index contributed by atoms with van der Waals surface area (Å²) in [7, 11) is 0. The maximum absolute atomic E-state index is 11.3. The van der Waals surface area contributed by atoms with E-state index in [1.54, 1.807) is 6.92 Å². The average Bonchev–Trinajstić information content (AvgIpc) is 2.25. The van der Waals surface area contributed by atoms with Crippen LogP contribution in [0, 0.1) is 0 Å². The Labute approximate surface area is 96.9 Å². The number of carbonyl (C=O) groups is 1. The number of ether oxygens (including phenoxy) is 1. The van der Waals surface area contributed by atoms with Crippen molar-refractivity contribution in [3.8, 4) is 0 Å². The van der Waals surface area contributed by atoms with Crippen LogP contribution in [0.1, 0.15) is 39.5 Å². The fourth-order valence-electron chi connectivity index (χ4n) is 1.31. The molecule has 0 saturated heterocycles. The molecular formula is C12H22O4. The van der Waals surface area contributed by atoms with E-state index in [-0.39, 0.29) is 12.7 Å². The minimum Gasteiger partial charge on any atom is -0.459 e. The van der Waals surface area contributed by atoms with Gasteiger partial charge in [0.15, 0.2) is 0 Å². The first-order valence-corrected chi connectivity index (χ1v) is 5.66. The molecule has 0 saturated carbocycles. The smallest absolute Gasteiger partial charge is 0.333 e. The Kier molecular flexibility index (Phi) is 7.85. The van der Waals surface area contributed by atoms with E-state index in [2.05, 4.69) is 6.58 Å². The molecule has 2 atom stereocenters. The summed E-state index contributed by atoms with van der Waals surface area (Å²) >= 11 is 0. The predicted molar refractivity (Wildman–Crippen MR) is 61.9 cm³/mol. The predicted octanol–water partition coefficient (Wildman–Crippen LogP) is 1.41. The van der Waals surface area contributed by atoms with Crippen molar-refractivity contribution in [1.29, 1.82) is 0 Å². The van der Waals surface area contributed by atoms with Crippen LogP contribution >= 0.6 is 0 Å². The van der Waals surface area contributed by atoms with Crippen molar-refractivity contribution in [2.45, 2.75) is 51.7 Å². The Morgan fingerprint density at radius 2 is 2.00 bits per heavy atom. The fraction of sp³-hybridized carbons (Fsp3) is 0.750. The van der Waals surface area contributed by atoms with Gasteiger partial charge in [-0.3, -0.25) is 0 Å². The van der Waals surface area contributed by atoms with Crippen molar-refractivity contribution in [3.63, 3.8) is 0 Å². The highest BCUT2D eigenvalue weighted by Crippen LogP contribution is 2.13. The third-order valence-corrected chi connectivity index (χ3v) is 2.27. The van der Waals surface area contributed by atoms with Gasteiger partial charge in [0.05, 0.1) is 12.7 Å². The minimum absolute atomic E-state index is 0.199. The van der Waals surface area contributed by atoms with E-state index >= 15 is 0 Å². The van der Waals surface area contributed by atoms with Gasteiger partial charge in [-0.15, -0.1) is 0 Å². The van der Waals surface area contributed by atoms with Gasteiger partial charge in [-0.25, -0.2) is 4.79 Å². The molecule has 0 heterocycles. The molecule has 0 fully saturated rings. The van der Waals surface area contributed by atoms with Crippen molar-refractivity contribution >= 4 is 5.97 Å². The summed E-state index contributed by atoms with van der Waals surface area (Å²) in [5, 5.41) is 17.9. The van der Waals surface area contributed by atoms with Crippen molar-refractivity contribution < 1.29 is 19.7 Å². The monoisotopic (exact) mass is 230 g/mol. The molecule has 4 nitrogen and oxygen atoms in total. The molecule has 0 aliphatic heterocycles. The molecule has 0 radical (unpaired) electrons. The molecule has 0 aromatic carbocycles. The fourth-order valence-corrected chi connectivity index (χ4v) is 1.31. The van der Waals surface area contributed by atoms with Crippen LogP contribution in [0.25, 0.3) is 0 Å². The lowest BCUT2D eigenvalue weighted by molar-refractivity contribution is -0.145. The molecule has 2 N–H and O–H groups in total. The standard InChI is InChI=1S/C12H22O4/c1-4-5-11(7-6-10(14)8-13)16-12(15)9(2)3/h10-11,13-14H,2,4-8H2,1,3H3. The number of esters is 1. The molecule has 4 heteroatoms. The van der Waals surface area contributed by atoms with Crippen LogP contribution in [0.2, 0.25) is 0 Å². The van der Waals surface area contributed by atoms with Crippen molar-refractivity contribution in [3.05, 3.63) is 12.2 Å². The molecule has 0 aliphatic carbocycles. The quantitative estimate of drug-likeness (QED) is 0.488. The number of hydrogen-bond acceptors (Lipinski definition) is 4. The maximum atomic E-state index is 11.3. The van der Waals surface area contributed by atoms with Gasteiger partial charge < -0.3 is 14.9 Å². The summed E-state index contributed by atoms with van der Waals surface area (Å²) in [6.45, 7) is 6.87. The minimum atomic E-state index is -0.733. The summed E-state index contributed by atoms with van der Waals surface area (Å²) in [4.78, 5) is 11.3. The van der Waals surface area contributed by atoms with Gasteiger partial charge in [0.1, 0.15) is 6.10 Å². The second kappa shape index (κ2) is 8.30. The molecule has 0 aromatic heterocycles. The number of carbonyl (C=O) groups excluding carboxylic acids is 1. The summed E-state index contributed by atoms with van der Waals surface area (Å²) in [6, 6.07) is 0. The Bertz CT molecular complexity index is 225. The van der Waals surface area contributed by atoms with Crippen molar-refractivity contribution in [2.75, 3.05) is 6.61 Å². The first-order valence-electron chi connectivity index (χ1n) is 5.66. The van der Waals surface area contributed by atoms with E-state index in [0.29, 0.717) is 18.4 Å². The first-order chi connectivity index (χ1) is 7.51. The summed E-state index contributed by atoms with van der Waals surface area (Å²) < 4.78 is 5.22. The molecule has 2 unspecified atom stereocenters. The zero-order valence-electron chi connectivity index (χ0n) is 10.1. The van der Waals surface area contributed by atoms with Gasteiger partial charge in [-0.2, -0.15) is 0 Å². The third-order valence-electron chi connectivity index (χ3n) is 2.27. The molecule has 16 heavy (non-hydrogen) atoms. The van der Waals surface area contributed by atoms with Crippen LogP contribution in [0.4, 0.5) is 0 Å². The lowest BCUT2D eigenvalue weighted by Crippen LogP contribution is -2.22. The summed E-state index contributed by atoms with van der Waals surface area (Å²) in [5.74, 6) is -0.392. The molecule has 94 valence electrons. The van der Waals surface area contributed by atoms with Gasteiger partial charge in [-0.05, 0) is 26.2 Å². The Morgan fingerprint density at radius 3 is 2.44 bits per heavy atom. The number of aliphatic hydroxyl groups is 2. The number of aliphatic hydroxyl groups excluding tert-OH is 2. The Hall–Kier alpha value is -0.870.